The molecule has 0 fully saturated rings. The molecule has 1 heterocycles. The van der Waals surface area contributed by atoms with Crippen LogP contribution < -0.4 is 11.1 Å². The third-order valence-electron chi connectivity index (χ3n) is 2.27. The SMILES string of the molecule is Nc1ccc(C(=O)NCCn2ccnn2)cc1. The summed E-state index contributed by atoms with van der Waals surface area (Å²) in [6.45, 7) is 1.10. The van der Waals surface area contributed by atoms with E-state index in [0.29, 0.717) is 24.3 Å². The van der Waals surface area contributed by atoms with E-state index in [9.17, 15) is 4.79 Å². The summed E-state index contributed by atoms with van der Waals surface area (Å²) in [6.07, 6.45) is 3.34. The van der Waals surface area contributed by atoms with Crippen molar-refractivity contribution in [2.45, 2.75) is 6.54 Å². The van der Waals surface area contributed by atoms with E-state index in [4.69, 9.17) is 5.73 Å². The quantitative estimate of drug-likeness (QED) is 0.740. The number of nitrogens with zero attached hydrogens (tertiary/aromatic N) is 3. The molecule has 0 radical (unpaired) electrons. The summed E-state index contributed by atoms with van der Waals surface area (Å²) in [5, 5.41) is 10.3. The van der Waals surface area contributed by atoms with Gasteiger partial charge in [-0.05, 0) is 24.3 Å². The van der Waals surface area contributed by atoms with Crippen molar-refractivity contribution in [2.24, 2.45) is 0 Å². The molecule has 17 heavy (non-hydrogen) atoms. The Labute approximate surface area is 98.4 Å². The molecular weight excluding hydrogens is 218 g/mol. The summed E-state index contributed by atoms with van der Waals surface area (Å²) in [4.78, 5) is 11.7. The predicted octanol–water partition coefficient (Wildman–Crippen LogP) is 0.290. The lowest BCUT2D eigenvalue weighted by Crippen LogP contribution is -2.27. The van der Waals surface area contributed by atoms with Gasteiger partial charge < -0.3 is 11.1 Å². The number of carbonyl (C=O) groups is 1. The second-order valence-corrected chi connectivity index (χ2v) is 3.54. The van der Waals surface area contributed by atoms with Crippen molar-refractivity contribution in [1.82, 2.24) is 20.3 Å². The molecule has 0 aliphatic heterocycles. The number of nitrogens with two attached hydrogens (primary N) is 1. The second-order valence-electron chi connectivity index (χ2n) is 3.54. The summed E-state index contributed by atoms with van der Waals surface area (Å²) in [5.74, 6) is -0.120. The Bertz CT molecular complexity index is 477. The smallest absolute Gasteiger partial charge is 0.251 e. The van der Waals surface area contributed by atoms with E-state index in [1.807, 2.05) is 0 Å². The third kappa shape index (κ3) is 3.04. The first-order valence-corrected chi connectivity index (χ1v) is 5.23. The number of amides is 1. The number of benzene rings is 1. The molecule has 6 nitrogen and oxygen atoms in total. The standard InChI is InChI=1S/C11H13N5O/c12-10-3-1-9(2-4-10)11(17)13-5-7-16-8-6-14-15-16/h1-4,6,8H,5,7,12H2,(H,13,17). The van der Waals surface area contributed by atoms with Crippen molar-refractivity contribution in [1.29, 1.82) is 0 Å². The largest absolute Gasteiger partial charge is 0.399 e. The molecule has 0 aliphatic carbocycles. The number of nitrogen functional groups attached to an aromatic ring is 1. The Morgan fingerprint density at radius 3 is 2.76 bits per heavy atom. The number of carbonyl (C=O) groups excluding carboxylic acids is 1. The van der Waals surface area contributed by atoms with Crippen LogP contribution in [-0.4, -0.2) is 27.4 Å². The van der Waals surface area contributed by atoms with E-state index in [1.165, 1.54) is 0 Å². The van der Waals surface area contributed by atoms with E-state index >= 15 is 0 Å². The molecule has 1 amide bonds. The zero-order valence-corrected chi connectivity index (χ0v) is 9.21. The molecule has 6 heteroatoms. The first kappa shape index (κ1) is 11.1. The van der Waals surface area contributed by atoms with E-state index in [-0.39, 0.29) is 5.91 Å². The molecule has 0 atom stereocenters. The lowest BCUT2D eigenvalue weighted by atomic mass is 10.2. The van der Waals surface area contributed by atoms with Crippen molar-refractivity contribution in [3.63, 3.8) is 0 Å². The zero-order valence-electron chi connectivity index (χ0n) is 9.21. The maximum absolute atomic E-state index is 11.7. The summed E-state index contributed by atoms with van der Waals surface area (Å²) in [6, 6.07) is 6.79. The summed E-state index contributed by atoms with van der Waals surface area (Å²) >= 11 is 0. The Balaban J connectivity index is 1.83. The van der Waals surface area contributed by atoms with Gasteiger partial charge in [-0.15, -0.1) is 5.10 Å². The van der Waals surface area contributed by atoms with Crippen LogP contribution in [0.25, 0.3) is 0 Å². The number of nitrogens with one attached hydrogen (secondary N) is 1. The highest BCUT2D eigenvalue weighted by molar-refractivity contribution is 5.94. The first-order chi connectivity index (χ1) is 8.25. The predicted molar refractivity (Wildman–Crippen MR) is 63.2 cm³/mol. The number of rotatable bonds is 4. The van der Waals surface area contributed by atoms with E-state index in [2.05, 4.69) is 15.6 Å². The third-order valence-corrected chi connectivity index (χ3v) is 2.27. The number of aromatic nitrogens is 3. The van der Waals surface area contributed by atoms with Crippen molar-refractivity contribution < 1.29 is 4.79 Å². The minimum Gasteiger partial charge on any atom is -0.399 e. The maximum Gasteiger partial charge on any atom is 0.251 e. The van der Waals surface area contributed by atoms with Gasteiger partial charge in [0.2, 0.25) is 0 Å². The zero-order chi connectivity index (χ0) is 12.1. The minimum absolute atomic E-state index is 0.120. The number of hydrogen-bond acceptors (Lipinski definition) is 4. The lowest BCUT2D eigenvalue weighted by Gasteiger charge is -2.05. The Morgan fingerprint density at radius 1 is 1.35 bits per heavy atom. The first-order valence-electron chi connectivity index (χ1n) is 5.23. The monoisotopic (exact) mass is 231 g/mol. The van der Waals surface area contributed by atoms with Gasteiger partial charge in [-0.2, -0.15) is 0 Å². The molecule has 2 aromatic rings. The van der Waals surface area contributed by atoms with Crippen molar-refractivity contribution in [3.05, 3.63) is 42.2 Å². The van der Waals surface area contributed by atoms with Gasteiger partial charge in [0.15, 0.2) is 0 Å². The van der Waals surface area contributed by atoms with Gasteiger partial charge in [-0.25, -0.2) is 0 Å². The highest BCUT2D eigenvalue weighted by atomic mass is 16.1. The Hall–Kier alpha value is -2.37. The number of anilines is 1. The van der Waals surface area contributed by atoms with Gasteiger partial charge in [0.05, 0.1) is 12.7 Å². The molecular formula is C11H13N5O. The molecule has 0 unspecified atom stereocenters. The Morgan fingerprint density at radius 2 is 2.12 bits per heavy atom. The molecule has 2 rings (SSSR count). The lowest BCUT2D eigenvalue weighted by molar-refractivity contribution is 0.0952. The molecule has 0 saturated heterocycles. The fourth-order valence-corrected chi connectivity index (χ4v) is 1.37. The molecule has 3 N–H and O–H groups in total. The van der Waals surface area contributed by atoms with Gasteiger partial charge >= 0.3 is 0 Å². The van der Waals surface area contributed by atoms with Crippen LogP contribution in [0.5, 0.6) is 0 Å². The molecule has 1 aromatic heterocycles. The van der Waals surface area contributed by atoms with Gasteiger partial charge in [-0.1, -0.05) is 5.21 Å². The average Bonchev–Trinajstić information content (AvgIpc) is 2.83. The van der Waals surface area contributed by atoms with Crippen LogP contribution in [0, 0.1) is 0 Å². The molecule has 0 aliphatic rings. The van der Waals surface area contributed by atoms with Crippen LogP contribution in [0.15, 0.2) is 36.7 Å². The van der Waals surface area contributed by atoms with Crippen LogP contribution in [-0.2, 0) is 6.54 Å². The highest BCUT2D eigenvalue weighted by Gasteiger charge is 2.03. The van der Waals surface area contributed by atoms with Gasteiger partial charge in [0.25, 0.3) is 5.91 Å². The van der Waals surface area contributed by atoms with Crippen LogP contribution in [0.4, 0.5) is 5.69 Å². The molecule has 1 aromatic carbocycles. The molecule has 0 saturated carbocycles. The summed E-state index contributed by atoms with van der Waals surface area (Å²) in [7, 11) is 0. The van der Waals surface area contributed by atoms with Gasteiger partial charge in [0, 0.05) is 24.0 Å². The number of hydrogen-bond donors (Lipinski definition) is 2. The normalized spacial score (nSPS) is 10.1. The second kappa shape index (κ2) is 5.11. The highest BCUT2D eigenvalue weighted by Crippen LogP contribution is 2.04. The fraction of sp³-hybridized carbons (Fsp3) is 0.182. The van der Waals surface area contributed by atoms with Crippen LogP contribution in [0.2, 0.25) is 0 Å². The minimum atomic E-state index is -0.120. The molecule has 0 spiro atoms. The van der Waals surface area contributed by atoms with E-state index < -0.39 is 0 Å². The summed E-state index contributed by atoms with van der Waals surface area (Å²) in [5.41, 5.74) is 6.78. The van der Waals surface area contributed by atoms with Gasteiger partial charge in [-0.3, -0.25) is 9.48 Å². The maximum atomic E-state index is 11.7. The van der Waals surface area contributed by atoms with Crippen molar-refractivity contribution >= 4 is 11.6 Å². The average molecular weight is 231 g/mol. The van der Waals surface area contributed by atoms with Gasteiger partial charge in [0.1, 0.15) is 0 Å². The van der Waals surface area contributed by atoms with Crippen LogP contribution in [0.3, 0.4) is 0 Å². The van der Waals surface area contributed by atoms with E-state index in [1.54, 1.807) is 41.3 Å². The summed E-state index contributed by atoms with van der Waals surface area (Å²) < 4.78 is 1.66. The Kier molecular flexibility index (Phi) is 3.34. The molecule has 0 bridgehead atoms. The fourth-order valence-electron chi connectivity index (χ4n) is 1.37. The van der Waals surface area contributed by atoms with E-state index in [0.717, 1.165) is 0 Å². The van der Waals surface area contributed by atoms with Crippen LogP contribution in [0.1, 0.15) is 10.4 Å². The molecule has 88 valence electrons. The van der Waals surface area contributed by atoms with Crippen molar-refractivity contribution in [2.75, 3.05) is 12.3 Å². The van der Waals surface area contributed by atoms with Crippen molar-refractivity contribution in [3.8, 4) is 0 Å². The topological polar surface area (TPSA) is 85.8 Å². The van der Waals surface area contributed by atoms with Crippen LogP contribution >= 0.6 is 0 Å².